The molecule has 0 saturated carbocycles. The van der Waals surface area contributed by atoms with E-state index in [0.29, 0.717) is 15.4 Å². The molecule has 2 aromatic carbocycles. The largest absolute Gasteiger partial charge is 0.503 e. The van der Waals surface area contributed by atoms with Crippen LogP contribution in [0.5, 0.6) is 11.5 Å². The summed E-state index contributed by atoms with van der Waals surface area (Å²) in [5.41, 5.74) is 0.573. The Morgan fingerprint density at radius 2 is 1.97 bits per heavy atom. The van der Waals surface area contributed by atoms with Gasteiger partial charge in [-0.3, -0.25) is 9.59 Å². The van der Waals surface area contributed by atoms with Crippen molar-refractivity contribution in [2.24, 2.45) is 0 Å². The second-order valence-corrected chi connectivity index (χ2v) is 11.0. The third-order valence-corrected chi connectivity index (χ3v) is 8.36. The van der Waals surface area contributed by atoms with Crippen molar-refractivity contribution in [3.63, 3.8) is 0 Å². The lowest BCUT2D eigenvalue weighted by atomic mass is 9.97. The number of halogens is 1. The maximum absolute atomic E-state index is 13.5. The number of hydrogen-bond acceptors (Lipinski definition) is 7. The molecule has 5 rings (SSSR count). The SMILES string of the molecule is COc1cc(C2c3c(oc4ccccc4c3=O)C(=O)N2C2CCS(=O)(=O)C2)cc(Br)c1O. The van der Waals surface area contributed by atoms with Crippen molar-refractivity contribution in [1.82, 2.24) is 4.90 Å². The van der Waals surface area contributed by atoms with Crippen LogP contribution in [0.25, 0.3) is 11.0 Å². The number of methoxy groups -OCH3 is 1. The van der Waals surface area contributed by atoms with E-state index < -0.39 is 27.8 Å². The summed E-state index contributed by atoms with van der Waals surface area (Å²) < 4.78 is 35.8. The van der Waals surface area contributed by atoms with E-state index in [1.165, 1.54) is 18.1 Å². The highest BCUT2D eigenvalue weighted by Crippen LogP contribution is 2.45. The highest BCUT2D eigenvalue weighted by atomic mass is 79.9. The number of para-hydroxylation sites is 1. The molecule has 8 nitrogen and oxygen atoms in total. The van der Waals surface area contributed by atoms with Gasteiger partial charge in [-0.1, -0.05) is 12.1 Å². The minimum atomic E-state index is -3.30. The number of carbonyl (C=O) groups is 1. The molecular weight excluding hydrogens is 502 g/mol. The smallest absolute Gasteiger partial charge is 0.291 e. The van der Waals surface area contributed by atoms with Crippen LogP contribution in [0.1, 0.15) is 34.1 Å². The Hall–Kier alpha value is -2.85. The molecular formula is C22H18BrNO7S. The molecule has 2 aliphatic rings. The molecule has 0 radical (unpaired) electrons. The fourth-order valence-electron chi connectivity index (χ4n) is 4.54. The van der Waals surface area contributed by atoms with E-state index in [-0.39, 0.29) is 51.8 Å². The Kier molecular flexibility index (Phi) is 4.82. The van der Waals surface area contributed by atoms with Crippen LogP contribution in [0.15, 0.2) is 50.1 Å². The summed E-state index contributed by atoms with van der Waals surface area (Å²) in [4.78, 5) is 28.4. The maximum atomic E-state index is 13.5. The van der Waals surface area contributed by atoms with E-state index in [2.05, 4.69) is 15.9 Å². The molecule has 0 spiro atoms. The van der Waals surface area contributed by atoms with Gasteiger partial charge in [-0.2, -0.15) is 0 Å². The third-order valence-electron chi connectivity index (χ3n) is 6.00. The molecule has 1 saturated heterocycles. The second kappa shape index (κ2) is 7.35. The number of nitrogens with zero attached hydrogens (tertiary/aromatic N) is 1. The number of aromatic hydroxyl groups is 1. The second-order valence-electron chi connectivity index (χ2n) is 7.90. The summed E-state index contributed by atoms with van der Waals surface area (Å²) in [7, 11) is -1.91. The van der Waals surface area contributed by atoms with Gasteiger partial charge in [0, 0.05) is 6.04 Å². The van der Waals surface area contributed by atoms with Crippen molar-refractivity contribution in [1.29, 1.82) is 0 Å². The summed E-state index contributed by atoms with van der Waals surface area (Å²) in [5, 5.41) is 10.6. The predicted molar refractivity (Wildman–Crippen MR) is 120 cm³/mol. The van der Waals surface area contributed by atoms with Gasteiger partial charge in [0.05, 0.1) is 40.1 Å². The lowest BCUT2D eigenvalue weighted by Crippen LogP contribution is -2.40. The minimum Gasteiger partial charge on any atom is -0.503 e. The highest BCUT2D eigenvalue weighted by molar-refractivity contribution is 9.10. The number of carbonyl (C=O) groups excluding carboxylic acids is 1. The molecule has 3 heterocycles. The molecule has 0 bridgehead atoms. The number of ether oxygens (including phenoxy) is 1. The molecule has 1 fully saturated rings. The maximum Gasteiger partial charge on any atom is 0.291 e. The van der Waals surface area contributed by atoms with Crippen molar-refractivity contribution in [2.45, 2.75) is 18.5 Å². The normalized spacial score (nSPS) is 21.8. The molecule has 32 heavy (non-hydrogen) atoms. The third kappa shape index (κ3) is 3.12. The lowest BCUT2D eigenvalue weighted by Gasteiger charge is -2.30. The zero-order valence-electron chi connectivity index (χ0n) is 16.9. The van der Waals surface area contributed by atoms with Gasteiger partial charge in [0.25, 0.3) is 5.91 Å². The van der Waals surface area contributed by atoms with Gasteiger partial charge in [-0.15, -0.1) is 0 Å². The zero-order valence-corrected chi connectivity index (χ0v) is 19.3. The summed E-state index contributed by atoms with van der Waals surface area (Å²) in [6.07, 6.45) is 0.267. The van der Waals surface area contributed by atoms with E-state index >= 15 is 0 Å². The first-order valence-corrected chi connectivity index (χ1v) is 12.5. The van der Waals surface area contributed by atoms with E-state index in [0.717, 1.165) is 0 Å². The Morgan fingerprint density at radius 3 is 2.66 bits per heavy atom. The number of phenolic OH excluding ortho intramolecular Hbond substituents is 1. The quantitative estimate of drug-likeness (QED) is 0.565. The van der Waals surface area contributed by atoms with Crippen molar-refractivity contribution in [3.8, 4) is 11.5 Å². The Balaban J connectivity index is 1.79. The Bertz CT molecular complexity index is 1450. The monoisotopic (exact) mass is 519 g/mol. The van der Waals surface area contributed by atoms with Gasteiger partial charge in [0.15, 0.2) is 26.8 Å². The van der Waals surface area contributed by atoms with Crippen molar-refractivity contribution in [3.05, 3.63) is 68.0 Å². The molecule has 1 N–H and O–H groups in total. The number of fused-ring (bicyclic) bond motifs is 2. The standard InChI is InChI=1S/C22H18BrNO7S/c1-30-16-9-11(8-14(23)20(16)26)18-17-19(25)13-4-2-3-5-15(13)31-21(17)22(27)24(18)12-6-7-32(28,29)10-12/h2-5,8-9,12,18,26H,6-7,10H2,1H3. The van der Waals surface area contributed by atoms with E-state index in [1.54, 1.807) is 30.3 Å². The fourth-order valence-corrected chi connectivity index (χ4v) is 6.71. The molecule has 1 amide bonds. The first-order valence-electron chi connectivity index (χ1n) is 9.87. The van der Waals surface area contributed by atoms with Crippen LogP contribution < -0.4 is 10.2 Å². The van der Waals surface area contributed by atoms with E-state index in [4.69, 9.17) is 9.15 Å². The number of phenols is 1. The van der Waals surface area contributed by atoms with Crippen LogP contribution >= 0.6 is 15.9 Å². The van der Waals surface area contributed by atoms with Gasteiger partial charge in [-0.25, -0.2) is 8.42 Å². The van der Waals surface area contributed by atoms with Crippen molar-refractivity contribution >= 4 is 42.6 Å². The number of benzene rings is 2. The van der Waals surface area contributed by atoms with Crippen LogP contribution in [-0.4, -0.2) is 49.0 Å². The summed E-state index contributed by atoms with van der Waals surface area (Å²) in [5.74, 6) is -0.811. The van der Waals surface area contributed by atoms with Crippen LogP contribution in [0.4, 0.5) is 0 Å². The molecule has 1 aromatic heterocycles. The molecule has 0 aliphatic carbocycles. The van der Waals surface area contributed by atoms with Gasteiger partial charge < -0.3 is 19.2 Å². The molecule has 2 aliphatic heterocycles. The minimum absolute atomic E-state index is 0.0313. The van der Waals surface area contributed by atoms with Crippen molar-refractivity contribution in [2.75, 3.05) is 18.6 Å². The van der Waals surface area contributed by atoms with Crippen LogP contribution in [-0.2, 0) is 9.84 Å². The average molecular weight is 520 g/mol. The van der Waals surface area contributed by atoms with E-state index in [9.17, 15) is 23.1 Å². The topological polar surface area (TPSA) is 114 Å². The van der Waals surface area contributed by atoms with Gasteiger partial charge in [0.1, 0.15) is 5.58 Å². The summed E-state index contributed by atoms with van der Waals surface area (Å²) >= 11 is 3.29. The van der Waals surface area contributed by atoms with E-state index in [1.807, 2.05) is 0 Å². The molecule has 2 unspecified atom stereocenters. The number of amides is 1. The molecule has 166 valence electrons. The first kappa shape index (κ1) is 21.0. The Labute approximate surface area is 191 Å². The molecule has 2 atom stereocenters. The molecule has 10 heteroatoms. The van der Waals surface area contributed by atoms with Crippen molar-refractivity contribution < 1.29 is 27.5 Å². The number of sulfone groups is 1. The zero-order chi connectivity index (χ0) is 22.8. The summed E-state index contributed by atoms with van der Waals surface area (Å²) in [6, 6.07) is 8.29. The first-order chi connectivity index (χ1) is 15.2. The Morgan fingerprint density at radius 1 is 1.22 bits per heavy atom. The number of hydrogen-bond donors (Lipinski definition) is 1. The van der Waals surface area contributed by atoms with Crippen LogP contribution in [0.2, 0.25) is 0 Å². The predicted octanol–water partition coefficient (Wildman–Crippen LogP) is 3.00. The van der Waals surface area contributed by atoms with Crippen LogP contribution in [0, 0.1) is 0 Å². The average Bonchev–Trinajstić information content (AvgIpc) is 3.26. The highest BCUT2D eigenvalue weighted by Gasteiger charge is 2.48. The molecule has 3 aromatic rings. The lowest BCUT2D eigenvalue weighted by molar-refractivity contribution is 0.0662. The van der Waals surface area contributed by atoms with Gasteiger partial charge >= 0.3 is 0 Å². The van der Waals surface area contributed by atoms with Crippen LogP contribution in [0.3, 0.4) is 0 Å². The van der Waals surface area contributed by atoms with Gasteiger partial charge in [0.2, 0.25) is 5.76 Å². The fraction of sp³-hybridized carbons (Fsp3) is 0.273. The number of rotatable bonds is 3. The van der Waals surface area contributed by atoms with Gasteiger partial charge in [-0.05, 0) is 52.2 Å². The summed E-state index contributed by atoms with van der Waals surface area (Å²) in [6.45, 7) is 0.